The zero-order valence-electron chi connectivity index (χ0n) is 10.3. The van der Waals surface area contributed by atoms with E-state index in [0.29, 0.717) is 11.4 Å². The molecule has 0 radical (unpaired) electrons. The fourth-order valence-corrected chi connectivity index (χ4v) is 1.17. The van der Waals surface area contributed by atoms with Crippen LogP contribution in [0.1, 0.15) is 6.92 Å². The summed E-state index contributed by atoms with van der Waals surface area (Å²) in [6.07, 6.45) is 3.09. The Morgan fingerprint density at radius 3 is 2.50 bits per heavy atom. The molecular weight excluding hydrogens is 234 g/mol. The summed E-state index contributed by atoms with van der Waals surface area (Å²) in [7, 11) is 1.30. The number of nitrogens with one attached hydrogen (secondary N) is 1. The second kappa shape index (κ2) is 7.11. The van der Waals surface area contributed by atoms with E-state index in [1.54, 1.807) is 37.3 Å². The molecule has 18 heavy (non-hydrogen) atoms. The minimum Gasteiger partial charge on any atom is -0.482 e. The van der Waals surface area contributed by atoms with Crippen LogP contribution in [0.25, 0.3) is 0 Å². The standard InChI is InChI=1S/C13H15NO4/c1-3-4-12(15)14-10-5-7-11(8-6-10)18-9-13(16)17-2/h3-8H,9H2,1-2H3,(H,14,15). The second-order valence-electron chi connectivity index (χ2n) is 3.38. The number of hydrogen-bond donors (Lipinski definition) is 1. The minimum atomic E-state index is -0.444. The molecule has 0 atom stereocenters. The molecule has 1 aromatic rings. The van der Waals surface area contributed by atoms with Gasteiger partial charge in [0.25, 0.3) is 0 Å². The SMILES string of the molecule is CC=CC(=O)Nc1ccc(OCC(=O)OC)cc1. The maximum Gasteiger partial charge on any atom is 0.343 e. The highest BCUT2D eigenvalue weighted by Crippen LogP contribution is 2.15. The van der Waals surface area contributed by atoms with Crippen LogP contribution >= 0.6 is 0 Å². The van der Waals surface area contributed by atoms with Gasteiger partial charge in [-0.05, 0) is 37.3 Å². The molecule has 96 valence electrons. The van der Waals surface area contributed by atoms with Gasteiger partial charge < -0.3 is 14.8 Å². The van der Waals surface area contributed by atoms with Crippen LogP contribution in [0.15, 0.2) is 36.4 Å². The van der Waals surface area contributed by atoms with E-state index in [2.05, 4.69) is 10.1 Å². The van der Waals surface area contributed by atoms with Crippen molar-refractivity contribution >= 4 is 17.6 Å². The lowest BCUT2D eigenvalue weighted by molar-refractivity contribution is -0.142. The Kier molecular flexibility index (Phi) is 5.44. The van der Waals surface area contributed by atoms with Crippen LogP contribution in [-0.4, -0.2) is 25.6 Å². The summed E-state index contributed by atoms with van der Waals surface area (Å²) in [5, 5.41) is 2.67. The Labute approximate surface area is 105 Å². The van der Waals surface area contributed by atoms with Crippen molar-refractivity contribution in [3.8, 4) is 5.75 Å². The molecule has 0 aliphatic heterocycles. The van der Waals surface area contributed by atoms with Gasteiger partial charge in [-0.1, -0.05) is 6.08 Å². The van der Waals surface area contributed by atoms with Crippen LogP contribution in [0.3, 0.4) is 0 Å². The lowest BCUT2D eigenvalue weighted by Gasteiger charge is -2.06. The summed E-state index contributed by atoms with van der Waals surface area (Å²) in [5.41, 5.74) is 0.656. The third kappa shape index (κ3) is 4.69. The second-order valence-corrected chi connectivity index (χ2v) is 3.38. The molecule has 0 aliphatic rings. The molecule has 0 heterocycles. The first kappa shape index (κ1) is 13.8. The average Bonchev–Trinajstić information content (AvgIpc) is 2.37. The quantitative estimate of drug-likeness (QED) is 0.638. The van der Waals surface area contributed by atoms with Crippen LogP contribution in [0.5, 0.6) is 5.75 Å². The van der Waals surface area contributed by atoms with Gasteiger partial charge in [0.2, 0.25) is 5.91 Å². The van der Waals surface area contributed by atoms with E-state index in [1.807, 2.05) is 0 Å². The van der Waals surface area contributed by atoms with Crippen LogP contribution < -0.4 is 10.1 Å². The first-order chi connectivity index (χ1) is 8.65. The number of ether oxygens (including phenoxy) is 2. The maximum atomic E-state index is 11.3. The van der Waals surface area contributed by atoms with Crippen LogP contribution in [0.4, 0.5) is 5.69 Å². The highest BCUT2D eigenvalue weighted by molar-refractivity contribution is 5.99. The fourth-order valence-electron chi connectivity index (χ4n) is 1.17. The summed E-state index contributed by atoms with van der Waals surface area (Å²) in [6, 6.07) is 6.70. The van der Waals surface area contributed by atoms with Crippen molar-refractivity contribution in [1.29, 1.82) is 0 Å². The zero-order valence-corrected chi connectivity index (χ0v) is 10.3. The van der Waals surface area contributed by atoms with E-state index in [1.165, 1.54) is 13.2 Å². The van der Waals surface area contributed by atoms with Crippen molar-refractivity contribution in [2.75, 3.05) is 19.0 Å². The Bertz CT molecular complexity index is 437. The van der Waals surface area contributed by atoms with Gasteiger partial charge >= 0.3 is 5.97 Å². The number of anilines is 1. The van der Waals surface area contributed by atoms with Gasteiger partial charge in [0.15, 0.2) is 6.61 Å². The van der Waals surface area contributed by atoms with Gasteiger partial charge in [-0.2, -0.15) is 0 Å². The first-order valence-corrected chi connectivity index (χ1v) is 5.39. The molecule has 1 amide bonds. The van der Waals surface area contributed by atoms with Gasteiger partial charge in [-0.25, -0.2) is 4.79 Å². The van der Waals surface area contributed by atoms with Crippen molar-refractivity contribution < 1.29 is 19.1 Å². The average molecular weight is 249 g/mol. The predicted octanol–water partition coefficient (Wildman–Crippen LogP) is 1.75. The van der Waals surface area contributed by atoms with Crippen molar-refractivity contribution in [1.82, 2.24) is 0 Å². The number of esters is 1. The number of benzene rings is 1. The first-order valence-electron chi connectivity index (χ1n) is 5.39. The van der Waals surface area contributed by atoms with E-state index in [0.717, 1.165) is 0 Å². The molecule has 1 aromatic carbocycles. The predicted molar refractivity (Wildman–Crippen MR) is 67.4 cm³/mol. The summed E-state index contributed by atoms with van der Waals surface area (Å²) < 4.78 is 9.61. The van der Waals surface area contributed by atoms with Crippen LogP contribution in [0, 0.1) is 0 Å². The largest absolute Gasteiger partial charge is 0.482 e. The highest BCUT2D eigenvalue weighted by atomic mass is 16.6. The van der Waals surface area contributed by atoms with Gasteiger partial charge in [0, 0.05) is 5.69 Å². The Morgan fingerprint density at radius 2 is 1.94 bits per heavy atom. The molecule has 0 saturated heterocycles. The molecule has 0 saturated carbocycles. The van der Waals surface area contributed by atoms with E-state index >= 15 is 0 Å². The molecule has 0 spiro atoms. The van der Waals surface area contributed by atoms with Crippen LogP contribution in [0.2, 0.25) is 0 Å². The van der Waals surface area contributed by atoms with Crippen molar-refractivity contribution in [3.63, 3.8) is 0 Å². The fraction of sp³-hybridized carbons (Fsp3) is 0.231. The molecule has 5 nitrogen and oxygen atoms in total. The van der Waals surface area contributed by atoms with E-state index in [-0.39, 0.29) is 12.5 Å². The summed E-state index contributed by atoms with van der Waals surface area (Å²) in [6.45, 7) is 1.63. The third-order valence-electron chi connectivity index (χ3n) is 2.02. The zero-order chi connectivity index (χ0) is 13.4. The molecule has 0 aromatic heterocycles. The molecular formula is C13H15NO4. The Morgan fingerprint density at radius 1 is 1.28 bits per heavy atom. The number of carbonyl (C=O) groups is 2. The maximum absolute atomic E-state index is 11.3. The number of methoxy groups -OCH3 is 1. The minimum absolute atomic E-state index is 0.138. The number of rotatable bonds is 5. The monoisotopic (exact) mass is 249 g/mol. The van der Waals surface area contributed by atoms with Gasteiger partial charge in [0.05, 0.1) is 7.11 Å². The van der Waals surface area contributed by atoms with E-state index < -0.39 is 5.97 Å². The number of allylic oxidation sites excluding steroid dienone is 1. The summed E-state index contributed by atoms with van der Waals surface area (Å²) in [5.74, 6) is -0.106. The van der Waals surface area contributed by atoms with Gasteiger partial charge in [-0.3, -0.25) is 4.79 Å². The number of amides is 1. The number of hydrogen-bond acceptors (Lipinski definition) is 4. The molecule has 0 fully saturated rings. The number of carbonyl (C=O) groups excluding carboxylic acids is 2. The molecule has 1 rings (SSSR count). The lowest BCUT2D eigenvalue weighted by Crippen LogP contribution is -2.12. The van der Waals surface area contributed by atoms with Gasteiger partial charge in [-0.15, -0.1) is 0 Å². The molecule has 0 bridgehead atoms. The van der Waals surface area contributed by atoms with Crippen LogP contribution in [-0.2, 0) is 14.3 Å². The van der Waals surface area contributed by atoms with Crippen molar-refractivity contribution in [2.24, 2.45) is 0 Å². The molecule has 0 unspecified atom stereocenters. The highest BCUT2D eigenvalue weighted by Gasteiger charge is 2.02. The normalized spacial score (nSPS) is 10.1. The smallest absolute Gasteiger partial charge is 0.343 e. The summed E-state index contributed by atoms with van der Waals surface area (Å²) >= 11 is 0. The van der Waals surface area contributed by atoms with Gasteiger partial charge in [0.1, 0.15) is 5.75 Å². The Hall–Kier alpha value is -2.30. The molecule has 1 N–H and O–H groups in total. The van der Waals surface area contributed by atoms with Crippen molar-refractivity contribution in [2.45, 2.75) is 6.92 Å². The Balaban J connectivity index is 2.52. The summed E-state index contributed by atoms with van der Waals surface area (Å²) in [4.78, 5) is 22.1. The van der Waals surface area contributed by atoms with E-state index in [9.17, 15) is 9.59 Å². The topological polar surface area (TPSA) is 64.6 Å². The lowest BCUT2D eigenvalue weighted by atomic mass is 10.3. The van der Waals surface area contributed by atoms with Crippen molar-refractivity contribution in [3.05, 3.63) is 36.4 Å². The van der Waals surface area contributed by atoms with E-state index in [4.69, 9.17) is 4.74 Å². The molecule has 0 aliphatic carbocycles. The third-order valence-corrected chi connectivity index (χ3v) is 2.02. The molecule has 5 heteroatoms.